The molecule has 3 atom stereocenters. The molecule has 2 bridgehead atoms. The van der Waals surface area contributed by atoms with Crippen LogP contribution in [0.5, 0.6) is 5.75 Å². The molecule has 0 aliphatic carbocycles. The zero-order chi connectivity index (χ0) is 23.7. The molecule has 3 aromatic carbocycles. The topological polar surface area (TPSA) is 49.9 Å². The Morgan fingerprint density at radius 2 is 1.59 bits per heavy atom. The van der Waals surface area contributed by atoms with Gasteiger partial charge in [0.1, 0.15) is 11.6 Å². The Kier molecular flexibility index (Phi) is 6.42. The highest BCUT2D eigenvalue weighted by atomic mass is 32.2. The predicted molar refractivity (Wildman–Crippen MR) is 130 cm³/mol. The van der Waals surface area contributed by atoms with E-state index in [0.717, 1.165) is 30.6 Å². The van der Waals surface area contributed by atoms with Crippen molar-refractivity contribution < 1.29 is 17.5 Å². The third kappa shape index (κ3) is 4.35. The summed E-state index contributed by atoms with van der Waals surface area (Å²) >= 11 is 0. The van der Waals surface area contributed by atoms with E-state index in [1.165, 1.54) is 29.8 Å². The van der Waals surface area contributed by atoms with E-state index in [4.69, 9.17) is 4.74 Å². The van der Waals surface area contributed by atoms with Gasteiger partial charge in [0.25, 0.3) is 0 Å². The summed E-state index contributed by atoms with van der Waals surface area (Å²) in [5, 5.41) is 0. The number of hydrogen-bond acceptors (Lipinski definition) is 4. The van der Waals surface area contributed by atoms with Crippen LogP contribution >= 0.6 is 0 Å². The van der Waals surface area contributed by atoms with Crippen molar-refractivity contribution in [3.8, 4) is 5.75 Å². The van der Waals surface area contributed by atoms with Crippen LogP contribution in [-0.2, 0) is 10.0 Å². The molecule has 5 rings (SSSR count). The average molecular weight is 481 g/mol. The maximum atomic E-state index is 13.4. The van der Waals surface area contributed by atoms with E-state index in [1.807, 2.05) is 30.3 Å². The lowest BCUT2D eigenvalue weighted by Crippen LogP contribution is -2.43. The van der Waals surface area contributed by atoms with Crippen LogP contribution < -0.4 is 4.74 Å². The molecule has 0 saturated carbocycles. The van der Waals surface area contributed by atoms with Gasteiger partial charge >= 0.3 is 0 Å². The van der Waals surface area contributed by atoms with Gasteiger partial charge in [-0.15, -0.1) is 0 Å². The second-order valence-corrected chi connectivity index (χ2v) is 11.0. The molecule has 0 aromatic heterocycles. The molecule has 178 valence electrons. The van der Waals surface area contributed by atoms with Crippen molar-refractivity contribution in [2.24, 2.45) is 0 Å². The fraction of sp³-hybridized carbons (Fsp3) is 0.333. The van der Waals surface area contributed by atoms with Crippen molar-refractivity contribution >= 4 is 10.0 Å². The van der Waals surface area contributed by atoms with Crippen LogP contribution in [0.1, 0.15) is 36.4 Å². The van der Waals surface area contributed by atoms with E-state index in [9.17, 15) is 12.8 Å². The zero-order valence-electron chi connectivity index (χ0n) is 19.2. The summed E-state index contributed by atoms with van der Waals surface area (Å²) in [6.45, 7) is 0.876. The van der Waals surface area contributed by atoms with Gasteiger partial charge in [-0.2, -0.15) is 4.31 Å². The van der Waals surface area contributed by atoms with Crippen LogP contribution in [0.3, 0.4) is 0 Å². The Bertz CT molecular complexity index is 1230. The number of ether oxygens (including phenoxy) is 1. The second-order valence-electron chi connectivity index (χ2n) is 9.03. The van der Waals surface area contributed by atoms with Crippen molar-refractivity contribution in [2.45, 2.75) is 42.3 Å². The number of fused-ring (bicyclic) bond motifs is 2. The van der Waals surface area contributed by atoms with Crippen LogP contribution in [0.4, 0.5) is 4.39 Å². The monoisotopic (exact) mass is 480 g/mol. The fourth-order valence-corrected chi connectivity index (χ4v) is 6.95. The maximum absolute atomic E-state index is 13.4. The summed E-state index contributed by atoms with van der Waals surface area (Å²) in [6, 6.07) is 24.0. The van der Waals surface area contributed by atoms with Gasteiger partial charge in [0, 0.05) is 25.2 Å². The molecule has 2 saturated heterocycles. The third-order valence-corrected chi connectivity index (χ3v) is 8.96. The highest BCUT2D eigenvalue weighted by molar-refractivity contribution is 7.89. The Morgan fingerprint density at radius 3 is 2.32 bits per heavy atom. The molecule has 0 radical (unpaired) electrons. The number of hydrogen-bond donors (Lipinski definition) is 0. The number of rotatable bonds is 6. The number of sulfonamides is 1. The molecular formula is C27H29FN2O3S. The van der Waals surface area contributed by atoms with E-state index >= 15 is 0 Å². The molecule has 0 spiro atoms. The molecule has 2 aliphatic heterocycles. The molecule has 0 unspecified atom stereocenters. The second kappa shape index (κ2) is 9.49. The van der Waals surface area contributed by atoms with Gasteiger partial charge in [0.2, 0.25) is 10.0 Å². The SMILES string of the molecule is COc1cccc([C@@H](c2ccccc2)N2[C@@H]3CC[C@@H]2CN(S(=O)(=O)c2ccc(F)cc2)CC3)c1. The van der Waals surface area contributed by atoms with Crippen molar-refractivity contribution in [1.82, 2.24) is 9.21 Å². The van der Waals surface area contributed by atoms with E-state index in [1.54, 1.807) is 11.4 Å². The van der Waals surface area contributed by atoms with Crippen molar-refractivity contribution in [3.63, 3.8) is 0 Å². The Hall–Kier alpha value is -2.74. The summed E-state index contributed by atoms with van der Waals surface area (Å²) in [6.07, 6.45) is 2.74. The van der Waals surface area contributed by atoms with E-state index in [0.29, 0.717) is 13.1 Å². The van der Waals surface area contributed by atoms with E-state index in [-0.39, 0.29) is 23.0 Å². The molecule has 2 fully saturated rings. The van der Waals surface area contributed by atoms with Crippen LogP contribution in [0, 0.1) is 5.82 Å². The number of benzene rings is 3. The van der Waals surface area contributed by atoms with Crippen LogP contribution in [0.15, 0.2) is 83.8 Å². The number of methoxy groups -OCH3 is 1. The molecule has 0 N–H and O–H groups in total. The smallest absolute Gasteiger partial charge is 0.243 e. The highest BCUT2D eigenvalue weighted by Crippen LogP contribution is 2.42. The zero-order valence-corrected chi connectivity index (χ0v) is 20.0. The molecule has 3 aromatic rings. The molecule has 2 heterocycles. The van der Waals surface area contributed by atoms with E-state index in [2.05, 4.69) is 29.2 Å². The van der Waals surface area contributed by atoms with Gasteiger partial charge < -0.3 is 4.74 Å². The molecule has 7 heteroatoms. The van der Waals surface area contributed by atoms with E-state index < -0.39 is 15.8 Å². The van der Waals surface area contributed by atoms with Crippen molar-refractivity contribution in [1.29, 1.82) is 0 Å². The van der Waals surface area contributed by atoms with Crippen molar-refractivity contribution in [2.75, 3.05) is 20.2 Å². The Morgan fingerprint density at radius 1 is 0.882 bits per heavy atom. The fourth-order valence-electron chi connectivity index (χ4n) is 5.46. The first kappa shape index (κ1) is 23.0. The minimum Gasteiger partial charge on any atom is -0.497 e. The van der Waals surface area contributed by atoms with Crippen LogP contribution in [0.2, 0.25) is 0 Å². The first-order valence-corrected chi connectivity index (χ1v) is 13.1. The largest absolute Gasteiger partial charge is 0.497 e. The minimum absolute atomic E-state index is 0.00211. The van der Waals surface area contributed by atoms with Crippen LogP contribution in [0.25, 0.3) is 0 Å². The Labute approximate surface area is 200 Å². The van der Waals surface area contributed by atoms with Gasteiger partial charge in [0.15, 0.2) is 0 Å². The number of nitrogens with zero attached hydrogens (tertiary/aromatic N) is 2. The summed E-state index contributed by atoms with van der Waals surface area (Å²) in [5.41, 5.74) is 2.32. The minimum atomic E-state index is -3.69. The average Bonchev–Trinajstić information content (AvgIpc) is 3.13. The summed E-state index contributed by atoms with van der Waals surface area (Å²) in [7, 11) is -2.02. The lowest BCUT2D eigenvalue weighted by Gasteiger charge is -2.37. The maximum Gasteiger partial charge on any atom is 0.243 e. The van der Waals surface area contributed by atoms with Gasteiger partial charge in [-0.1, -0.05) is 42.5 Å². The predicted octanol–water partition coefficient (Wildman–Crippen LogP) is 4.85. The van der Waals surface area contributed by atoms with Gasteiger partial charge in [-0.05, 0) is 66.8 Å². The molecule has 34 heavy (non-hydrogen) atoms. The molecule has 2 aliphatic rings. The van der Waals surface area contributed by atoms with Crippen LogP contribution in [-0.4, -0.2) is 49.9 Å². The summed E-state index contributed by atoms with van der Waals surface area (Å²) < 4.78 is 47.3. The molecule has 5 nitrogen and oxygen atoms in total. The third-order valence-electron chi connectivity index (χ3n) is 7.08. The standard InChI is InChI=1S/C27H29FN2O3S/c1-33-25-9-5-8-21(18-25)27(20-6-3-2-4-7-20)30-23-12-13-24(30)19-29(17-16-23)34(31,32)26-14-10-22(28)11-15-26/h2-11,14-15,18,23-24,27H,12-13,16-17,19H2,1H3/t23-,24-,27-/m1/s1. The number of halogens is 1. The molecular weight excluding hydrogens is 451 g/mol. The van der Waals surface area contributed by atoms with Gasteiger partial charge in [-0.25, -0.2) is 12.8 Å². The Balaban J connectivity index is 1.51. The highest BCUT2D eigenvalue weighted by Gasteiger charge is 2.44. The first-order valence-electron chi connectivity index (χ1n) is 11.7. The lowest BCUT2D eigenvalue weighted by atomic mass is 9.95. The van der Waals surface area contributed by atoms with Gasteiger partial charge in [-0.3, -0.25) is 4.90 Å². The summed E-state index contributed by atoms with van der Waals surface area (Å²) in [4.78, 5) is 2.66. The quantitative estimate of drug-likeness (QED) is 0.506. The normalized spacial score (nSPS) is 22.3. The summed E-state index contributed by atoms with van der Waals surface area (Å²) in [5.74, 6) is 0.366. The van der Waals surface area contributed by atoms with Gasteiger partial charge in [0.05, 0.1) is 18.0 Å². The molecule has 0 amide bonds. The lowest BCUT2D eigenvalue weighted by molar-refractivity contribution is 0.155. The van der Waals surface area contributed by atoms with Crippen molar-refractivity contribution in [3.05, 3.63) is 95.8 Å². The first-order chi connectivity index (χ1) is 16.5.